The summed E-state index contributed by atoms with van der Waals surface area (Å²) in [6.45, 7) is 4.79. The van der Waals surface area contributed by atoms with E-state index < -0.39 is 0 Å². The van der Waals surface area contributed by atoms with Crippen LogP contribution in [0.3, 0.4) is 0 Å². The second-order valence-corrected chi connectivity index (χ2v) is 5.32. The van der Waals surface area contributed by atoms with E-state index in [2.05, 4.69) is 12.2 Å². The highest BCUT2D eigenvalue weighted by Crippen LogP contribution is 2.28. The molecule has 1 atom stereocenters. The maximum Gasteiger partial charge on any atom is 0.159 e. The van der Waals surface area contributed by atoms with Gasteiger partial charge in [0.05, 0.1) is 13.2 Å². The van der Waals surface area contributed by atoms with E-state index in [9.17, 15) is 0 Å². The predicted octanol–water partition coefficient (Wildman–Crippen LogP) is 2.70. The van der Waals surface area contributed by atoms with Crippen LogP contribution in [0.4, 0.5) is 0 Å². The molecule has 3 heteroatoms. The number of hydrogen-bond acceptors (Lipinski definition) is 3. The molecule has 0 aromatic carbocycles. The van der Waals surface area contributed by atoms with Gasteiger partial charge >= 0.3 is 0 Å². The van der Waals surface area contributed by atoms with E-state index in [0.717, 1.165) is 32.1 Å². The fourth-order valence-electron chi connectivity index (χ4n) is 3.17. The molecule has 1 N–H and O–H groups in total. The lowest BCUT2D eigenvalue weighted by molar-refractivity contribution is -0.0568. The molecule has 17 heavy (non-hydrogen) atoms. The van der Waals surface area contributed by atoms with E-state index >= 15 is 0 Å². The Labute approximate surface area is 105 Å². The highest BCUT2D eigenvalue weighted by molar-refractivity contribution is 4.80. The van der Waals surface area contributed by atoms with Crippen molar-refractivity contribution < 1.29 is 9.47 Å². The zero-order chi connectivity index (χ0) is 11.9. The summed E-state index contributed by atoms with van der Waals surface area (Å²) in [6, 6.07) is 0.584. The van der Waals surface area contributed by atoms with Gasteiger partial charge in [0.15, 0.2) is 6.29 Å². The molecule has 1 saturated carbocycles. The molecule has 1 unspecified atom stereocenters. The van der Waals surface area contributed by atoms with Crippen molar-refractivity contribution in [1.82, 2.24) is 5.32 Å². The second-order valence-electron chi connectivity index (χ2n) is 5.32. The van der Waals surface area contributed by atoms with Crippen molar-refractivity contribution in [2.75, 3.05) is 19.8 Å². The van der Waals surface area contributed by atoms with Crippen LogP contribution in [-0.2, 0) is 9.47 Å². The third kappa shape index (κ3) is 4.23. The summed E-state index contributed by atoms with van der Waals surface area (Å²) in [7, 11) is 0. The fraction of sp³-hybridized carbons (Fsp3) is 1.00. The predicted molar refractivity (Wildman–Crippen MR) is 69.0 cm³/mol. The first-order chi connectivity index (χ1) is 8.40. The minimum absolute atomic E-state index is 0.0438. The standard InChI is InChI=1S/C14H27NO2/c1-2-15-13(11-14-16-9-10-17-14)12-7-5-3-4-6-8-12/h12-15H,2-11H2,1H3. The molecule has 100 valence electrons. The van der Waals surface area contributed by atoms with E-state index in [1.807, 2.05) is 0 Å². The largest absolute Gasteiger partial charge is 0.350 e. The van der Waals surface area contributed by atoms with Gasteiger partial charge in [-0.1, -0.05) is 32.6 Å². The highest BCUT2D eigenvalue weighted by Gasteiger charge is 2.27. The molecule has 1 heterocycles. The molecular formula is C14H27NO2. The van der Waals surface area contributed by atoms with Gasteiger partial charge in [0, 0.05) is 12.5 Å². The Hall–Kier alpha value is -0.120. The molecule has 0 aromatic heterocycles. The summed E-state index contributed by atoms with van der Waals surface area (Å²) in [5, 5.41) is 3.65. The summed E-state index contributed by atoms with van der Waals surface area (Å²) < 4.78 is 11.2. The lowest BCUT2D eigenvalue weighted by Crippen LogP contribution is -2.39. The third-order valence-electron chi connectivity index (χ3n) is 4.07. The average Bonchev–Trinajstić information content (AvgIpc) is 2.69. The lowest BCUT2D eigenvalue weighted by atomic mass is 9.89. The van der Waals surface area contributed by atoms with Crippen molar-refractivity contribution in [3.63, 3.8) is 0 Å². The fourth-order valence-corrected chi connectivity index (χ4v) is 3.17. The number of rotatable bonds is 5. The zero-order valence-corrected chi connectivity index (χ0v) is 11.1. The molecule has 1 aliphatic heterocycles. The Kier molecular flexibility index (Phi) is 5.75. The quantitative estimate of drug-likeness (QED) is 0.751. The van der Waals surface area contributed by atoms with Crippen molar-refractivity contribution in [2.45, 2.75) is 64.2 Å². The molecule has 0 amide bonds. The molecular weight excluding hydrogens is 214 g/mol. The first-order valence-electron chi connectivity index (χ1n) is 7.36. The van der Waals surface area contributed by atoms with E-state index in [1.54, 1.807) is 0 Å². The zero-order valence-electron chi connectivity index (χ0n) is 11.1. The minimum Gasteiger partial charge on any atom is -0.350 e. The van der Waals surface area contributed by atoms with Gasteiger partial charge in [-0.2, -0.15) is 0 Å². The van der Waals surface area contributed by atoms with Crippen LogP contribution in [0.1, 0.15) is 51.9 Å². The monoisotopic (exact) mass is 241 g/mol. The minimum atomic E-state index is 0.0438. The van der Waals surface area contributed by atoms with Gasteiger partial charge in [-0.3, -0.25) is 0 Å². The molecule has 0 aromatic rings. The van der Waals surface area contributed by atoms with Crippen LogP contribution in [0.5, 0.6) is 0 Å². The van der Waals surface area contributed by atoms with Gasteiger partial charge < -0.3 is 14.8 Å². The topological polar surface area (TPSA) is 30.5 Å². The van der Waals surface area contributed by atoms with Crippen LogP contribution in [0, 0.1) is 5.92 Å². The van der Waals surface area contributed by atoms with Crippen molar-refractivity contribution >= 4 is 0 Å². The summed E-state index contributed by atoms with van der Waals surface area (Å²) in [6.07, 6.45) is 9.48. The molecule has 3 nitrogen and oxygen atoms in total. The van der Waals surface area contributed by atoms with Gasteiger partial charge in [0.2, 0.25) is 0 Å². The van der Waals surface area contributed by atoms with Gasteiger partial charge in [0.25, 0.3) is 0 Å². The molecule has 0 spiro atoms. The van der Waals surface area contributed by atoms with Crippen molar-refractivity contribution in [2.24, 2.45) is 5.92 Å². The molecule has 2 rings (SSSR count). The molecule has 2 fully saturated rings. The van der Waals surface area contributed by atoms with Crippen LogP contribution in [-0.4, -0.2) is 32.1 Å². The Bertz CT molecular complexity index is 196. The Morgan fingerprint density at radius 1 is 1.06 bits per heavy atom. The maximum atomic E-state index is 5.59. The molecule has 0 radical (unpaired) electrons. The first kappa shape index (κ1) is 13.3. The Morgan fingerprint density at radius 2 is 1.71 bits per heavy atom. The van der Waals surface area contributed by atoms with Gasteiger partial charge in [0.1, 0.15) is 0 Å². The number of ether oxygens (including phenoxy) is 2. The van der Waals surface area contributed by atoms with E-state index in [1.165, 1.54) is 38.5 Å². The third-order valence-corrected chi connectivity index (χ3v) is 4.07. The van der Waals surface area contributed by atoms with Crippen molar-refractivity contribution in [3.8, 4) is 0 Å². The Morgan fingerprint density at radius 3 is 2.29 bits per heavy atom. The second kappa shape index (κ2) is 7.34. The number of hydrogen-bond donors (Lipinski definition) is 1. The SMILES string of the molecule is CCNC(CC1OCCO1)C1CCCCCC1. The van der Waals surface area contributed by atoms with Crippen LogP contribution in [0.25, 0.3) is 0 Å². The van der Waals surface area contributed by atoms with E-state index in [4.69, 9.17) is 9.47 Å². The van der Waals surface area contributed by atoms with Crippen molar-refractivity contribution in [1.29, 1.82) is 0 Å². The van der Waals surface area contributed by atoms with Gasteiger partial charge in [-0.25, -0.2) is 0 Å². The van der Waals surface area contributed by atoms with Crippen molar-refractivity contribution in [3.05, 3.63) is 0 Å². The normalized spacial score (nSPS) is 25.9. The van der Waals surface area contributed by atoms with Crippen LogP contribution in [0.15, 0.2) is 0 Å². The van der Waals surface area contributed by atoms with E-state index in [-0.39, 0.29) is 6.29 Å². The molecule has 1 saturated heterocycles. The Balaban J connectivity index is 1.84. The van der Waals surface area contributed by atoms with Gasteiger partial charge in [-0.15, -0.1) is 0 Å². The smallest absolute Gasteiger partial charge is 0.159 e. The average molecular weight is 241 g/mol. The number of nitrogens with one attached hydrogen (secondary N) is 1. The summed E-state index contributed by atoms with van der Waals surface area (Å²) in [5.41, 5.74) is 0. The highest BCUT2D eigenvalue weighted by atomic mass is 16.7. The lowest BCUT2D eigenvalue weighted by Gasteiger charge is -2.28. The summed E-state index contributed by atoms with van der Waals surface area (Å²) in [4.78, 5) is 0. The van der Waals surface area contributed by atoms with Crippen LogP contribution < -0.4 is 5.32 Å². The van der Waals surface area contributed by atoms with Crippen LogP contribution >= 0.6 is 0 Å². The van der Waals surface area contributed by atoms with Gasteiger partial charge in [-0.05, 0) is 25.3 Å². The molecule has 0 bridgehead atoms. The molecule has 1 aliphatic carbocycles. The van der Waals surface area contributed by atoms with Crippen LogP contribution in [0.2, 0.25) is 0 Å². The first-order valence-corrected chi connectivity index (χ1v) is 7.36. The van der Waals surface area contributed by atoms with E-state index in [0.29, 0.717) is 6.04 Å². The summed E-state index contributed by atoms with van der Waals surface area (Å²) in [5.74, 6) is 0.824. The maximum absolute atomic E-state index is 5.59. The summed E-state index contributed by atoms with van der Waals surface area (Å²) >= 11 is 0. The molecule has 2 aliphatic rings.